The Kier molecular flexibility index (Phi) is 6.04. The Morgan fingerprint density at radius 3 is 2.56 bits per heavy atom. The normalized spacial score (nSPS) is 16.8. The summed E-state index contributed by atoms with van der Waals surface area (Å²) in [5.41, 5.74) is -0.236. The maximum atomic E-state index is 9.56. The maximum Gasteiger partial charge on any atom is 0.170 e. The van der Waals surface area contributed by atoms with Gasteiger partial charge in [0.2, 0.25) is 0 Å². The first kappa shape index (κ1) is 15.9. The van der Waals surface area contributed by atoms with Crippen LogP contribution in [-0.2, 0) is 0 Å². The van der Waals surface area contributed by atoms with Crippen molar-refractivity contribution in [2.24, 2.45) is 0 Å². The molecule has 0 saturated heterocycles. The quantitative estimate of drug-likeness (QED) is 0.755. The fourth-order valence-electron chi connectivity index (χ4n) is 2.04. The van der Waals surface area contributed by atoms with Gasteiger partial charge in [-0.25, -0.2) is 4.98 Å². The average Bonchev–Trinajstić information content (AvgIpc) is 2.62. The molecule has 0 amide bonds. The molecule has 1 aromatic heterocycles. The van der Waals surface area contributed by atoms with Crippen molar-refractivity contribution in [1.82, 2.24) is 14.7 Å². The zero-order chi connectivity index (χ0) is 13.8. The van der Waals surface area contributed by atoms with Crippen molar-refractivity contribution in [3.8, 4) is 0 Å². The molecule has 104 valence electrons. The highest BCUT2D eigenvalue weighted by molar-refractivity contribution is 8.01. The van der Waals surface area contributed by atoms with E-state index in [0.717, 1.165) is 16.6 Å². The standard InChI is InChI=1S/C12H23N3OS2/c1-8(2)14-12(5,7-16)6-9(3)17-11-13-10(4)15-18-11/h8-9,14,16H,6-7H2,1-5H3. The van der Waals surface area contributed by atoms with E-state index in [0.29, 0.717) is 11.3 Å². The van der Waals surface area contributed by atoms with E-state index in [1.165, 1.54) is 11.5 Å². The van der Waals surface area contributed by atoms with Gasteiger partial charge in [-0.3, -0.25) is 0 Å². The van der Waals surface area contributed by atoms with Crippen LogP contribution in [0.4, 0.5) is 0 Å². The second kappa shape index (κ2) is 6.84. The Hall–Kier alpha value is -0.170. The van der Waals surface area contributed by atoms with Crippen LogP contribution in [0.2, 0.25) is 0 Å². The molecular formula is C12H23N3OS2. The van der Waals surface area contributed by atoms with E-state index in [4.69, 9.17) is 0 Å². The second-order valence-electron chi connectivity index (χ2n) is 5.26. The zero-order valence-electron chi connectivity index (χ0n) is 11.7. The van der Waals surface area contributed by atoms with Gasteiger partial charge >= 0.3 is 0 Å². The summed E-state index contributed by atoms with van der Waals surface area (Å²) in [5, 5.41) is 13.4. The van der Waals surface area contributed by atoms with Crippen LogP contribution in [0, 0.1) is 6.92 Å². The largest absolute Gasteiger partial charge is 0.394 e. The number of aryl methyl sites for hydroxylation is 1. The SMILES string of the molecule is Cc1nsc(SC(C)CC(C)(CO)NC(C)C)n1. The highest BCUT2D eigenvalue weighted by Crippen LogP contribution is 2.29. The van der Waals surface area contributed by atoms with Crippen molar-refractivity contribution in [2.75, 3.05) is 6.61 Å². The minimum Gasteiger partial charge on any atom is -0.394 e. The number of aromatic nitrogens is 2. The fourth-order valence-corrected chi connectivity index (χ4v) is 4.22. The van der Waals surface area contributed by atoms with Crippen molar-refractivity contribution in [2.45, 2.75) is 62.2 Å². The molecule has 0 bridgehead atoms. The van der Waals surface area contributed by atoms with Crippen molar-refractivity contribution < 1.29 is 5.11 Å². The van der Waals surface area contributed by atoms with Gasteiger partial charge in [-0.1, -0.05) is 32.5 Å². The van der Waals surface area contributed by atoms with Gasteiger partial charge in [-0.2, -0.15) is 4.37 Å². The number of rotatable bonds is 7. The molecule has 0 aliphatic carbocycles. The maximum absolute atomic E-state index is 9.56. The Morgan fingerprint density at radius 1 is 1.44 bits per heavy atom. The molecule has 4 nitrogen and oxygen atoms in total. The third kappa shape index (κ3) is 5.22. The van der Waals surface area contributed by atoms with Gasteiger partial charge in [0, 0.05) is 16.8 Å². The molecule has 0 aliphatic heterocycles. The molecular weight excluding hydrogens is 266 g/mol. The zero-order valence-corrected chi connectivity index (χ0v) is 13.4. The molecule has 0 spiro atoms. The number of nitrogens with zero attached hydrogens (tertiary/aromatic N) is 2. The van der Waals surface area contributed by atoms with Gasteiger partial charge in [0.15, 0.2) is 4.34 Å². The third-order valence-electron chi connectivity index (χ3n) is 2.54. The van der Waals surface area contributed by atoms with Crippen molar-refractivity contribution in [3.63, 3.8) is 0 Å². The van der Waals surface area contributed by atoms with Crippen LogP contribution < -0.4 is 5.32 Å². The van der Waals surface area contributed by atoms with Crippen molar-refractivity contribution in [3.05, 3.63) is 5.82 Å². The van der Waals surface area contributed by atoms with Crippen LogP contribution in [0.1, 0.15) is 39.9 Å². The highest BCUT2D eigenvalue weighted by atomic mass is 32.2. The van der Waals surface area contributed by atoms with Gasteiger partial charge in [-0.15, -0.1) is 0 Å². The summed E-state index contributed by atoms with van der Waals surface area (Å²) >= 11 is 3.17. The number of aliphatic hydroxyl groups excluding tert-OH is 1. The number of thioether (sulfide) groups is 1. The molecule has 2 atom stereocenters. The summed E-state index contributed by atoms with van der Waals surface area (Å²) < 4.78 is 5.18. The van der Waals surface area contributed by atoms with Gasteiger partial charge in [0.05, 0.1) is 6.61 Å². The number of nitrogens with one attached hydrogen (secondary N) is 1. The first-order valence-electron chi connectivity index (χ1n) is 6.20. The lowest BCUT2D eigenvalue weighted by Crippen LogP contribution is -2.50. The monoisotopic (exact) mass is 289 g/mol. The predicted molar refractivity (Wildman–Crippen MR) is 78.3 cm³/mol. The van der Waals surface area contributed by atoms with Crippen LogP contribution in [0.15, 0.2) is 4.34 Å². The Labute approximate surface area is 118 Å². The Morgan fingerprint density at radius 2 is 2.11 bits per heavy atom. The Bertz CT molecular complexity index is 370. The van der Waals surface area contributed by atoms with E-state index in [-0.39, 0.29) is 12.1 Å². The summed E-state index contributed by atoms with van der Waals surface area (Å²) in [6.45, 7) is 10.5. The van der Waals surface area contributed by atoms with Gasteiger partial charge in [-0.05, 0) is 31.8 Å². The minimum atomic E-state index is -0.236. The first-order chi connectivity index (χ1) is 8.34. The number of hydrogen-bond acceptors (Lipinski definition) is 6. The van der Waals surface area contributed by atoms with Crippen molar-refractivity contribution >= 4 is 23.3 Å². The Balaban J connectivity index is 2.53. The molecule has 0 fully saturated rings. The highest BCUT2D eigenvalue weighted by Gasteiger charge is 2.27. The van der Waals surface area contributed by atoms with Gasteiger partial charge in [0.1, 0.15) is 5.82 Å². The summed E-state index contributed by atoms with van der Waals surface area (Å²) in [6, 6.07) is 0.364. The van der Waals surface area contributed by atoms with Gasteiger partial charge < -0.3 is 10.4 Å². The molecule has 1 rings (SSSR count). The second-order valence-corrected chi connectivity index (χ2v) is 7.70. The lowest BCUT2D eigenvalue weighted by molar-refractivity contribution is 0.157. The van der Waals surface area contributed by atoms with E-state index in [1.54, 1.807) is 11.8 Å². The number of hydrogen-bond donors (Lipinski definition) is 2. The van der Waals surface area contributed by atoms with E-state index < -0.39 is 0 Å². The molecule has 1 aromatic rings. The van der Waals surface area contributed by atoms with E-state index in [2.05, 4.69) is 42.4 Å². The molecule has 2 N–H and O–H groups in total. The summed E-state index contributed by atoms with van der Waals surface area (Å²) in [5.74, 6) is 0.833. The molecule has 1 heterocycles. The molecule has 0 aliphatic rings. The minimum absolute atomic E-state index is 0.144. The third-order valence-corrected chi connectivity index (χ3v) is 4.51. The van der Waals surface area contributed by atoms with Crippen LogP contribution in [-0.4, -0.2) is 37.9 Å². The average molecular weight is 289 g/mol. The summed E-state index contributed by atoms with van der Waals surface area (Å²) in [6.07, 6.45) is 0.894. The van der Waals surface area contributed by atoms with Crippen LogP contribution in [0.25, 0.3) is 0 Å². The molecule has 6 heteroatoms. The van der Waals surface area contributed by atoms with Crippen molar-refractivity contribution in [1.29, 1.82) is 0 Å². The molecule has 18 heavy (non-hydrogen) atoms. The molecule has 0 aromatic carbocycles. The molecule has 2 unspecified atom stereocenters. The molecule has 0 radical (unpaired) electrons. The van der Waals surface area contributed by atoms with E-state index >= 15 is 0 Å². The van der Waals surface area contributed by atoms with Crippen LogP contribution >= 0.6 is 23.3 Å². The number of aliphatic hydroxyl groups is 1. The topological polar surface area (TPSA) is 58.0 Å². The lowest BCUT2D eigenvalue weighted by atomic mass is 9.96. The fraction of sp³-hybridized carbons (Fsp3) is 0.833. The van der Waals surface area contributed by atoms with Gasteiger partial charge in [0.25, 0.3) is 0 Å². The van der Waals surface area contributed by atoms with E-state index in [1.807, 2.05) is 6.92 Å². The predicted octanol–water partition coefficient (Wildman–Crippen LogP) is 2.47. The summed E-state index contributed by atoms with van der Waals surface area (Å²) in [4.78, 5) is 4.35. The molecule has 0 saturated carbocycles. The van der Waals surface area contributed by atoms with E-state index in [9.17, 15) is 5.11 Å². The van der Waals surface area contributed by atoms with Crippen LogP contribution in [0.5, 0.6) is 0 Å². The lowest BCUT2D eigenvalue weighted by Gasteiger charge is -2.33. The van der Waals surface area contributed by atoms with Crippen LogP contribution in [0.3, 0.4) is 0 Å². The smallest absolute Gasteiger partial charge is 0.170 e. The summed E-state index contributed by atoms with van der Waals surface area (Å²) in [7, 11) is 0. The first-order valence-corrected chi connectivity index (χ1v) is 7.85.